The van der Waals surface area contributed by atoms with E-state index < -0.39 is 17.9 Å². The van der Waals surface area contributed by atoms with E-state index in [4.69, 9.17) is 11.5 Å². The molecule has 0 spiro atoms. The fourth-order valence-corrected chi connectivity index (χ4v) is 0.707. The topological polar surface area (TPSA) is 99.9 Å². The van der Waals surface area contributed by atoms with Crippen molar-refractivity contribution in [3.05, 3.63) is 30.1 Å². The largest absolute Gasteiger partial charge is 0.540 e. The van der Waals surface area contributed by atoms with Crippen LogP contribution < -0.4 is 16.2 Å². The van der Waals surface area contributed by atoms with Gasteiger partial charge in [-0.15, -0.1) is 0 Å². The number of hydrogen-bond donors (Lipinski definition) is 2. The molecule has 0 unspecified atom stereocenters. The van der Waals surface area contributed by atoms with Crippen molar-refractivity contribution in [3.8, 4) is 5.75 Å². The second-order valence-electron chi connectivity index (χ2n) is 2.41. The number of nitrogens with two attached hydrogens (primary N) is 2. The van der Waals surface area contributed by atoms with Gasteiger partial charge in [-0.05, 0) is 29.4 Å². The summed E-state index contributed by atoms with van der Waals surface area (Å²) in [6, 6.07) is 4.77. The van der Waals surface area contributed by atoms with Crippen molar-refractivity contribution in [1.29, 1.82) is 0 Å². The van der Waals surface area contributed by atoms with Crippen LogP contribution in [0, 0.1) is 5.82 Å². The number of carbonyl (C=O) groups excluding carboxylic acids is 1. The zero-order chi connectivity index (χ0) is 11.3. The predicted molar refractivity (Wildman–Crippen MR) is 49.3 cm³/mol. The number of benzene rings is 1. The third-order valence-electron chi connectivity index (χ3n) is 1.24. The first-order valence-corrected chi connectivity index (χ1v) is 3.81. The van der Waals surface area contributed by atoms with Crippen LogP contribution in [0.25, 0.3) is 0 Å². The molecule has 7 heteroatoms. The molecule has 4 N–H and O–H groups in total. The minimum absolute atomic E-state index is 0.118. The zero-order valence-electron chi connectivity index (χ0n) is 7.51. The molecule has 0 saturated carbocycles. The Bertz CT molecular complexity index is 373. The van der Waals surface area contributed by atoms with Gasteiger partial charge in [0.05, 0.1) is 0 Å². The highest BCUT2D eigenvalue weighted by Crippen LogP contribution is 2.11. The molecule has 80 valence electrons. The molecule has 1 aromatic rings. The SMILES string of the molecule is NC(N)=NOC(=O)Oc1ccc(F)cc1. The van der Waals surface area contributed by atoms with E-state index in [1.54, 1.807) is 0 Å². The normalized spacial score (nSPS) is 9.13. The molecule has 0 saturated heterocycles. The monoisotopic (exact) mass is 213 g/mol. The quantitative estimate of drug-likeness (QED) is 0.186. The standard InChI is InChI=1S/C8H8FN3O3/c9-5-1-3-6(4-2-5)14-8(13)15-12-7(10)11/h1-4H,(H4,10,11,12). The highest BCUT2D eigenvalue weighted by molar-refractivity contribution is 5.76. The predicted octanol–water partition coefficient (Wildman–Crippen LogP) is 0.529. The van der Waals surface area contributed by atoms with E-state index >= 15 is 0 Å². The van der Waals surface area contributed by atoms with E-state index in [0.717, 1.165) is 12.1 Å². The summed E-state index contributed by atoms with van der Waals surface area (Å²) in [7, 11) is 0. The van der Waals surface area contributed by atoms with Gasteiger partial charge in [-0.25, -0.2) is 9.18 Å². The number of oxime groups is 1. The first-order chi connectivity index (χ1) is 7.08. The molecule has 0 aliphatic carbocycles. The lowest BCUT2D eigenvalue weighted by Crippen LogP contribution is -2.24. The van der Waals surface area contributed by atoms with E-state index in [9.17, 15) is 9.18 Å². The van der Waals surface area contributed by atoms with Crippen LogP contribution in [0.5, 0.6) is 5.75 Å². The van der Waals surface area contributed by atoms with E-state index in [-0.39, 0.29) is 5.75 Å². The van der Waals surface area contributed by atoms with Gasteiger partial charge in [-0.2, -0.15) is 0 Å². The first-order valence-electron chi connectivity index (χ1n) is 3.81. The van der Waals surface area contributed by atoms with Gasteiger partial charge in [0.1, 0.15) is 11.6 Å². The Hall–Kier alpha value is -2.31. The van der Waals surface area contributed by atoms with Crippen molar-refractivity contribution in [2.45, 2.75) is 0 Å². The van der Waals surface area contributed by atoms with E-state index in [1.807, 2.05) is 0 Å². The van der Waals surface area contributed by atoms with Crippen LogP contribution in [-0.4, -0.2) is 12.1 Å². The molecule has 0 amide bonds. The number of hydrogen-bond acceptors (Lipinski definition) is 4. The van der Waals surface area contributed by atoms with Gasteiger partial charge in [0.25, 0.3) is 0 Å². The summed E-state index contributed by atoms with van der Waals surface area (Å²) >= 11 is 0. The molecule has 1 rings (SSSR count). The molecular weight excluding hydrogens is 205 g/mol. The second kappa shape index (κ2) is 4.80. The van der Waals surface area contributed by atoms with E-state index in [1.165, 1.54) is 12.1 Å². The number of guanidine groups is 1. The van der Waals surface area contributed by atoms with Gasteiger partial charge in [0.2, 0.25) is 5.96 Å². The molecule has 6 nitrogen and oxygen atoms in total. The van der Waals surface area contributed by atoms with Crippen LogP contribution in [-0.2, 0) is 4.84 Å². The van der Waals surface area contributed by atoms with Gasteiger partial charge in [0, 0.05) is 0 Å². The van der Waals surface area contributed by atoms with Gasteiger partial charge >= 0.3 is 6.16 Å². The minimum atomic E-state index is -1.12. The van der Waals surface area contributed by atoms with Crippen molar-refractivity contribution >= 4 is 12.1 Å². The first kappa shape index (κ1) is 10.8. The summed E-state index contributed by atoms with van der Waals surface area (Å²) < 4.78 is 17.0. The molecular formula is C8H8FN3O3. The number of halogens is 1. The number of nitrogens with zero attached hydrogens (tertiary/aromatic N) is 1. The molecule has 0 fully saturated rings. The lowest BCUT2D eigenvalue weighted by Gasteiger charge is -2.00. The van der Waals surface area contributed by atoms with Crippen LogP contribution in [0.3, 0.4) is 0 Å². The maximum absolute atomic E-state index is 12.5. The lowest BCUT2D eigenvalue weighted by atomic mass is 10.3. The number of ether oxygens (including phenoxy) is 1. The Labute approximate surface area is 84.2 Å². The average molecular weight is 213 g/mol. The molecule has 15 heavy (non-hydrogen) atoms. The Balaban J connectivity index is 2.51. The third kappa shape index (κ3) is 3.94. The summed E-state index contributed by atoms with van der Waals surface area (Å²) in [6.45, 7) is 0. The van der Waals surface area contributed by atoms with Crippen molar-refractivity contribution in [2.24, 2.45) is 16.6 Å². The molecule has 0 atom stereocenters. The summed E-state index contributed by atoms with van der Waals surface area (Å²) in [6.07, 6.45) is -1.12. The van der Waals surface area contributed by atoms with E-state index in [0.29, 0.717) is 0 Å². The Kier molecular flexibility index (Phi) is 3.44. The van der Waals surface area contributed by atoms with Crippen LogP contribution in [0.15, 0.2) is 29.4 Å². The molecule has 0 aromatic heterocycles. The van der Waals surface area contributed by atoms with Gasteiger partial charge in [0.15, 0.2) is 0 Å². The number of rotatable bonds is 2. The van der Waals surface area contributed by atoms with Gasteiger partial charge in [-0.1, -0.05) is 0 Å². The maximum Gasteiger partial charge on any atom is 0.540 e. The highest BCUT2D eigenvalue weighted by Gasteiger charge is 2.05. The van der Waals surface area contributed by atoms with Crippen molar-refractivity contribution in [3.63, 3.8) is 0 Å². The van der Waals surface area contributed by atoms with Crippen LogP contribution in [0.1, 0.15) is 0 Å². The van der Waals surface area contributed by atoms with Gasteiger partial charge < -0.3 is 16.2 Å². The molecule has 1 aromatic carbocycles. The lowest BCUT2D eigenvalue weighted by molar-refractivity contribution is 0.102. The Morgan fingerprint density at radius 3 is 2.40 bits per heavy atom. The molecule has 0 bridgehead atoms. The van der Waals surface area contributed by atoms with Gasteiger partial charge in [-0.3, -0.25) is 4.84 Å². The van der Waals surface area contributed by atoms with Crippen molar-refractivity contribution < 1.29 is 18.8 Å². The maximum atomic E-state index is 12.5. The summed E-state index contributed by atoms with van der Waals surface area (Å²) in [4.78, 5) is 15.0. The van der Waals surface area contributed by atoms with Crippen LogP contribution in [0.4, 0.5) is 9.18 Å². The molecule has 0 radical (unpaired) electrons. The van der Waals surface area contributed by atoms with Crippen LogP contribution in [0.2, 0.25) is 0 Å². The van der Waals surface area contributed by atoms with Crippen LogP contribution >= 0.6 is 0 Å². The fourth-order valence-electron chi connectivity index (χ4n) is 0.707. The summed E-state index contributed by atoms with van der Waals surface area (Å²) in [5.74, 6) is -0.738. The Morgan fingerprint density at radius 1 is 1.27 bits per heavy atom. The Morgan fingerprint density at radius 2 is 1.87 bits per heavy atom. The molecule has 0 heterocycles. The zero-order valence-corrected chi connectivity index (χ0v) is 7.51. The molecule has 0 aliphatic rings. The average Bonchev–Trinajstić information content (AvgIpc) is 2.19. The summed E-state index contributed by atoms with van der Waals surface area (Å²) in [5, 5.41) is 2.96. The summed E-state index contributed by atoms with van der Waals surface area (Å²) in [5.41, 5.74) is 9.80. The minimum Gasteiger partial charge on any atom is -0.393 e. The third-order valence-corrected chi connectivity index (χ3v) is 1.24. The number of carbonyl (C=O) groups is 1. The fraction of sp³-hybridized carbons (Fsp3) is 0. The molecule has 0 aliphatic heterocycles. The van der Waals surface area contributed by atoms with E-state index in [2.05, 4.69) is 14.7 Å². The smallest absolute Gasteiger partial charge is 0.393 e. The highest BCUT2D eigenvalue weighted by atomic mass is 19.1. The second-order valence-corrected chi connectivity index (χ2v) is 2.41. The van der Waals surface area contributed by atoms with Crippen molar-refractivity contribution in [1.82, 2.24) is 0 Å². The van der Waals surface area contributed by atoms with Crippen molar-refractivity contribution in [2.75, 3.05) is 0 Å².